The molecule has 0 radical (unpaired) electrons. The van der Waals surface area contributed by atoms with Gasteiger partial charge in [0, 0.05) is 12.2 Å². The Labute approximate surface area is 103 Å². The summed E-state index contributed by atoms with van der Waals surface area (Å²) in [6.45, 7) is 3.41. The van der Waals surface area contributed by atoms with Crippen molar-refractivity contribution in [3.05, 3.63) is 29.8 Å². The van der Waals surface area contributed by atoms with Crippen molar-refractivity contribution < 1.29 is 0 Å². The monoisotopic (exact) mass is 229 g/mol. The minimum Gasteiger partial charge on any atom is -0.385 e. The quantitative estimate of drug-likeness (QED) is 0.864. The molecule has 0 bridgehead atoms. The lowest BCUT2D eigenvalue weighted by Crippen LogP contribution is -2.32. The van der Waals surface area contributed by atoms with Crippen LogP contribution in [0.25, 0.3) is 0 Å². The molecule has 1 aliphatic heterocycles. The summed E-state index contributed by atoms with van der Waals surface area (Å²) in [7, 11) is 2.18. The van der Waals surface area contributed by atoms with Gasteiger partial charge >= 0.3 is 0 Å². The minimum atomic E-state index is 0.721. The van der Waals surface area contributed by atoms with Crippen molar-refractivity contribution in [1.29, 1.82) is 5.26 Å². The van der Waals surface area contributed by atoms with Crippen LogP contribution in [-0.2, 0) is 0 Å². The third-order valence-electron chi connectivity index (χ3n) is 3.42. The molecule has 2 rings (SSSR count). The highest BCUT2D eigenvalue weighted by molar-refractivity contribution is 5.49. The minimum absolute atomic E-state index is 0.721. The van der Waals surface area contributed by atoms with Crippen LogP contribution in [0.5, 0.6) is 0 Å². The summed E-state index contributed by atoms with van der Waals surface area (Å²) in [5, 5.41) is 12.3. The number of nitriles is 1. The molecule has 3 nitrogen and oxygen atoms in total. The second-order valence-electron chi connectivity index (χ2n) is 4.82. The summed E-state index contributed by atoms with van der Waals surface area (Å²) in [4.78, 5) is 2.38. The Kier molecular flexibility index (Phi) is 4.00. The van der Waals surface area contributed by atoms with Crippen LogP contribution < -0.4 is 5.32 Å². The second-order valence-corrected chi connectivity index (χ2v) is 4.82. The Balaban J connectivity index is 1.83. The van der Waals surface area contributed by atoms with Crippen LogP contribution in [0, 0.1) is 17.2 Å². The van der Waals surface area contributed by atoms with Gasteiger partial charge in [-0.15, -0.1) is 0 Å². The van der Waals surface area contributed by atoms with Crippen LogP contribution in [0.3, 0.4) is 0 Å². The van der Waals surface area contributed by atoms with Gasteiger partial charge in [0.1, 0.15) is 0 Å². The molecule has 1 aliphatic rings. The van der Waals surface area contributed by atoms with Crippen molar-refractivity contribution in [2.24, 2.45) is 5.92 Å². The predicted molar refractivity (Wildman–Crippen MR) is 69.9 cm³/mol. The van der Waals surface area contributed by atoms with Crippen molar-refractivity contribution in [2.75, 3.05) is 32.0 Å². The molecule has 90 valence electrons. The predicted octanol–water partition coefficient (Wildman–Crippen LogP) is 2.31. The van der Waals surface area contributed by atoms with Gasteiger partial charge in [-0.1, -0.05) is 6.07 Å². The Morgan fingerprint density at radius 3 is 2.88 bits per heavy atom. The number of rotatable bonds is 3. The molecule has 1 saturated heterocycles. The topological polar surface area (TPSA) is 39.1 Å². The largest absolute Gasteiger partial charge is 0.385 e. The van der Waals surface area contributed by atoms with Crippen LogP contribution in [0.2, 0.25) is 0 Å². The lowest BCUT2D eigenvalue weighted by molar-refractivity contribution is 0.226. The van der Waals surface area contributed by atoms with E-state index in [9.17, 15) is 0 Å². The van der Waals surface area contributed by atoms with E-state index < -0.39 is 0 Å². The van der Waals surface area contributed by atoms with E-state index in [0.29, 0.717) is 0 Å². The molecule has 3 heteroatoms. The highest BCUT2D eigenvalue weighted by Gasteiger charge is 2.15. The number of anilines is 1. The average molecular weight is 229 g/mol. The first-order valence-corrected chi connectivity index (χ1v) is 6.20. The van der Waals surface area contributed by atoms with Gasteiger partial charge < -0.3 is 10.2 Å². The standard InChI is InChI=1S/C14H19N3/c1-17-7-5-12(6-8-17)11-16-14-4-2-3-13(9-14)10-15/h2-4,9,12,16H,5-8,11H2,1H3. The Morgan fingerprint density at radius 1 is 1.41 bits per heavy atom. The third kappa shape index (κ3) is 3.47. The first-order valence-electron chi connectivity index (χ1n) is 6.20. The normalized spacial score (nSPS) is 17.6. The van der Waals surface area contributed by atoms with Crippen molar-refractivity contribution >= 4 is 5.69 Å². The molecule has 1 fully saturated rings. The van der Waals surface area contributed by atoms with Gasteiger partial charge in [-0.2, -0.15) is 5.26 Å². The summed E-state index contributed by atoms with van der Waals surface area (Å²) in [6.07, 6.45) is 2.53. The summed E-state index contributed by atoms with van der Waals surface area (Å²) >= 11 is 0. The molecule has 1 aromatic rings. The van der Waals surface area contributed by atoms with E-state index in [1.54, 1.807) is 0 Å². The number of benzene rings is 1. The number of nitrogens with one attached hydrogen (secondary N) is 1. The zero-order valence-corrected chi connectivity index (χ0v) is 10.3. The Morgan fingerprint density at radius 2 is 2.18 bits per heavy atom. The lowest BCUT2D eigenvalue weighted by Gasteiger charge is -2.29. The van der Waals surface area contributed by atoms with Gasteiger partial charge in [0.2, 0.25) is 0 Å². The third-order valence-corrected chi connectivity index (χ3v) is 3.42. The summed E-state index contributed by atoms with van der Waals surface area (Å²) in [5.41, 5.74) is 1.78. The molecule has 0 aromatic heterocycles. The van der Waals surface area contributed by atoms with Crippen molar-refractivity contribution in [1.82, 2.24) is 4.90 Å². The smallest absolute Gasteiger partial charge is 0.0992 e. The average Bonchev–Trinajstić information content (AvgIpc) is 2.38. The van der Waals surface area contributed by atoms with Gasteiger partial charge in [-0.05, 0) is 57.1 Å². The number of hydrogen-bond donors (Lipinski definition) is 1. The van der Waals surface area contributed by atoms with Crippen LogP contribution in [0.4, 0.5) is 5.69 Å². The first kappa shape index (κ1) is 11.9. The molecular weight excluding hydrogens is 210 g/mol. The molecule has 0 amide bonds. The van der Waals surface area contributed by atoms with E-state index in [1.165, 1.54) is 25.9 Å². The molecule has 0 aliphatic carbocycles. The number of nitrogens with zero attached hydrogens (tertiary/aromatic N) is 2. The van der Waals surface area contributed by atoms with Gasteiger partial charge in [-0.3, -0.25) is 0 Å². The molecular formula is C14H19N3. The van der Waals surface area contributed by atoms with E-state index >= 15 is 0 Å². The zero-order valence-electron chi connectivity index (χ0n) is 10.3. The summed E-state index contributed by atoms with van der Waals surface area (Å²) in [6, 6.07) is 9.86. The van der Waals surface area contributed by atoms with Crippen molar-refractivity contribution in [3.8, 4) is 6.07 Å². The molecule has 0 spiro atoms. The lowest BCUT2D eigenvalue weighted by atomic mass is 9.97. The second kappa shape index (κ2) is 5.70. The first-order chi connectivity index (χ1) is 8.28. The molecule has 1 heterocycles. The zero-order chi connectivity index (χ0) is 12.1. The molecule has 17 heavy (non-hydrogen) atoms. The van der Waals surface area contributed by atoms with E-state index in [1.807, 2.05) is 24.3 Å². The number of hydrogen-bond acceptors (Lipinski definition) is 3. The van der Waals surface area contributed by atoms with Crippen LogP contribution >= 0.6 is 0 Å². The summed E-state index contributed by atoms with van der Waals surface area (Å²) < 4.78 is 0. The van der Waals surface area contributed by atoms with Gasteiger partial charge in [-0.25, -0.2) is 0 Å². The fourth-order valence-corrected chi connectivity index (χ4v) is 2.23. The van der Waals surface area contributed by atoms with E-state index in [4.69, 9.17) is 5.26 Å². The molecule has 1 N–H and O–H groups in total. The highest BCUT2D eigenvalue weighted by Crippen LogP contribution is 2.17. The highest BCUT2D eigenvalue weighted by atomic mass is 15.1. The maximum atomic E-state index is 8.82. The van der Waals surface area contributed by atoms with Crippen LogP contribution in [0.1, 0.15) is 18.4 Å². The maximum Gasteiger partial charge on any atom is 0.0992 e. The fraction of sp³-hybridized carbons (Fsp3) is 0.500. The SMILES string of the molecule is CN1CCC(CNc2cccc(C#N)c2)CC1. The van der Waals surface area contributed by atoms with E-state index in [-0.39, 0.29) is 0 Å². The maximum absolute atomic E-state index is 8.82. The Bertz CT molecular complexity index is 400. The summed E-state index contributed by atoms with van der Waals surface area (Å²) in [5.74, 6) is 0.761. The Hall–Kier alpha value is -1.53. The fourth-order valence-electron chi connectivity index (χ4n) is 2.23. The van der Waals surface area contributed by atoms with Crippen LogP contribution in [-0.4, -0.2) is 31.6 Å². The number of likely N-dealkylation sites (tertiary alicyclic amines) is 1. The van der Waals surface area contributed by atoms with Gasteiger partial charge in [0.25, 0.3) is 0 Å². The van der Waals surface area contributed by atoms with E-state index in [0.717, 1.165) is 23.7 Å². The molecule has 0 saturated carbocycles. The van der Waals surface area contributed by atoms with E-state index in [2.05, 4.69) is 23.3 Å². The molecule has 1 aromatic carbocycles. The van der Waals surface area contributed by atoms with Crippen molar-refractivity contribution in [2.45, 2.75) is 12.8 Å². The molecule has 0 atom stereocenters. The van der Waals surface area contributed by atoms with Gasteiger partial charge in [0.05, 0.1) is 11.6 Å². The van der Waals surface area contributed by atoms with Crippen molar-refractivity contribution in [3.63, 3.8) is 0 Å². The van der Waals surface area contributed by atoms with Crippen LogP contribution in [0.15, 0.2) is 24.3 Å². The van der Waals surface area contributed by atoms with Gasteiger partial charge in [0.15, 0.2) is 0 Å². The number of piperidine rings is 1. The molecule has 0 unspecified atom stereocenters.